The van der Waals surface area contributed by atoms with Crippen molar-refractivity contribution in [2.45, 2.75) is 25.7 Å². The molecule has 0 aliphatic carbocycles. The zero-order valence-electron chi connectivity index (χ0n) is 15.1. The number of aryl methyl sites for hydroxylation is 1. The van der Waals surface area contributed by atoms with Gasteiger partial charge in [-0.05, 0) is 30.0 Å². The molecular weight excluding hydrogens is 475 g/mol. The van der Waals surface area contributed by atoms with Crippen molar-refractivity contribution < 1.29 is 0 Å². The molecule has 2 aromatic heterocycles. The molecule has 0 spiro atoms. The van der Waals surface area contributed by atoms with Crippen LogP contribution in [-0.4, -0.2) is 31.1 Å². The Balaban J connectivity index is 0.00000243. The Labute approximate surface area is 180 Å². The molecule has 0 fully saturated rings. The average Bonchev–Trinajstić information content (AvgIpc) is 3.30. The minimum Gasteiger partial charge on any atom is -0.356 e. The lowest BCUT2D eigenvalue weighted by Crippen LogP contribution is -2.39. The van der Waals surface area contributed by atoms with E-state index in [-0.39, 0.29) is 24.0 Å². The Morgan fingerprint density at radius 3 is 2.77 bits per heavy atom. The van der Waals surface area contributed by atoms with Crippen LogP contribution in [0.25, 0.3) is 10.2 Å². The molecule has 1 unspecified atom stereocenters. The van der Waals surface area contributed by atoms with Gasteiger partial charge < -0.3 is 10.6 Å². The highest BCUT2D eigenvalue weighted by molar-refractivity contribution is 14.0. The Kier molecular flexibility index (Phi) is 8.80. The van der Waals surface area contributed by atoms with Crippen LogP contribution in [-0.2, 0) is 6.42 Å². The summed E-state index contributed by atoms with van der Waals surface area (Å²) in [6.07, 6.45) is 2.04. The van der Waals surface area contributed by atoms with Gasteiger partial charge in [0.1, 0.15) is 0 Å². The van der Waals surface area contributed by atoms with E-state index in [2.05, 4.69) is 63.2 Å². The molecule has 2 N–H and O–H groups in total. The summed E-state index contributed by atoms with van der Waals surface area (Å²) in [6.45, 7) is 4.01. The fourth-order valence-corrected chi connectivity index (χ4v) is 4.41. The van der Waals surface area contributed by atoms with E-state index in [9.17, 15) is 0 Å². The number of benzene rings is 1. The molecule has 2 heterocycles. The molecule has 4 nitrogen and oxygen atoms in total. The molecule has 0 bridgehead atoms. The number of aromatic nitrogens is 1. The van der Waals surface area contributed by atoms with E-state index in [1.54, 1.807) is 22.7 Å². The Hall–Kier alpha value is -1.19. The van der Waals surface area contributed by atoms with Gasteiger partial charge in [-0.1, -0.05) is 25.1 Å². The third kappa shape index (κ3) is 5.92. The average molecular weight is 500 g/mol. The molecule has 7 heteroatoms. The number of rotatable bonds is 7. The molecule has 0 aliphatic heterocycles. The lowest BCUT2D eigenvalue weighted by molar-refractivity contribution is 0.695. The van der Waals surface area contributed by atoms with Gasteiger partial charge in [0.25, 0.3) is 0 Å². The quantitative estimate of drug-likeness (QED) is 0.211. The zero-order valence-corrected chi connectivity index (χ0v) is 19.0. The molecule has 0 radical (unpaired) electrons. The maximum absolute atomic E-state index is 4.68. The van der Waals surface area contributed by atoms with E-state index in [0.717, 1.165) is 37.4 Å². The van der Waals surface area contributed by atoms with Gasteiger partial charge in [-0.25, -0.2) is 4.98 Å². The van der Waals surface area contributed by atoms with Crippen LogP contribution in [0.4, 0.5) is 0 Å². The Morgan fingerprint density at radius 1 is 1.19 bits per heavy atom. The number of aliphatic imine (C=N–C) groups is 1. The first kappa shape index (κ1) is 21.1. The summed E-state index contributed by atoms with van der Waals surface area (Å²) >= 11 is 3.60. The third-order valence-electron chi connectivity index (χ3n) is 4.03. The summed E-state index contributed by atoms with van der Waals surface area (Å²) in [5.41, 5.74) is 1.11. The number of nitrogens with zero attached hydrogens (tertiary/aromatic N) is 2. The number of thiazole rings is 1. The Morgan fingerprint density at radius 2 is 2.04 bits per heavy atom. The topological polar surface area (TPSA) is 49.3 Å². The summed E-state index contributed by atoms with van der Waals surface area (Å²) < 4.78 is 1.27. The highest BCUT2D eigenvalue weighted by Crippen LogP contribution is 2.22. The van der Waals surface area contributed by atoms with Gasteiger partial charge in [0.05, 0.1) is 15.2 Å². The number of thiophene rings is 1. The van der Waals surface area contributed by atoms with Gasteiger partial charge in [0.15, 0.2) is 5.96 Å². The van der Waals surface area contributed by atoms with Crippen LogP contribution in [0.1, 0.15) is 29.1 Å². The van der Waals surface area contributed by atoms with E-state index in [1.165, 1.54) is 14.6 Å². The lowest BCUT2D eigenvalue weighted by atomic mass is 10.1. The first-order chi connectivity index (χ1) is 12.3. The lowest BCUT2D eigenvalue weighted by Gasteiger charge is -2.15. The monoisotopic (exact) mass is 500 g/mol. The van der Waals surface area contributed by atoms with Gasteiger partial charge in [-0.15, -0.1) is 46.7 Å². The van der Waals surface area contributed by atoms with Crippen LogP contribution in [0.15, 0.2) is 46.8 Å². The second-order valence-electron chi connectivity index (χ2n) is 5.98. The molecule has 0 saturated carbocycles. The van der Waals surface area contributed by atoms with Crippen molar-refractivity contribution in [3.63, 3.8) is 0 Å². The zero-order chi connectivity index (χ0) is 17.5. The summed E-state index contributed by atoms with van der Waals surface area (Å²) in [5.74, 6) is 1.36. The number of hydrogen-bond donors (Lipinski definition) is 2. The molecule has 3 aromatic rings. The standard InChI is InChI=1S/C19H24N4S2.HI/c1-14(16-9-6-12-24-16)13-22-19(20-2)21-11-5-10-18-23-15-7-3-4-8-17(15)25-18;/h3-4,6-9,12,14H,5,10-11,13H2,1-2H3,(H2,20,21,22);1H. The van der Waals surface area contributed by atoms with Crippen LogP contribution < -0.4 is 10.6 Å². The van der Waals surface area contributed by atoms with Crippen LogP contribution >= 0.6 is 46.7 Å². The molecule has 26 heavy (non-hydrogen) atoms. The third-order valence-corrected chi connectivity index (χ3v) is 6.23. The minimum atomic E-state index is 0. The van der Waals surface area contributed by atoms with E-state index in [0.29, 0.717) is 5.92 Å². The maximum Gasteiger partial charge on any atom is 0.190 e. The van der Waals surface area contributed by atoms with Crippen LogP contribution in [0.3, 0.4) is 0 Å². The SMILES string of the molecule is CN=C(NCCCc1nc2ccccc2s1)NCC(C)c1cccs1.I. The summed E-state index contributed by atoms with van der Waals surface area (Å²) in [6, 6.07) is 12.6. The van der Waals surface area contributed by atoms with Crippen molar-refractivity contribution in [3.05, 3.63) is 51.7 Å². The highest BCUT2D eigenvalue weighted by atomic mass is 127. The number of halogens is 1. The smallest absolute Gasteiger partial charge is 0.190 e. The Bertz CT molecular complexity index is 781. The van der Waals surface area contributed by atoms with Crippen molar-refractivity contribution in [1.82, 2.24) is 15.6 Å². The van der Waals surface area contributed by atoms with Crippen molar-refractivity contribution in [3.8, 4) is 0 Å². The molecule has 0 saturated heterocycles. The molecule has 0 amide bonds. The molecule has 1 aromatic carbocycles. The van der Waals surface area contributed by atoms with Gasteiger partial charge in [0.2, 0.25) is 0 Å². The van der Waals surface area contributed by atoms with Crippen LogP contribution in [0.2, 0.25) is 0 Å². The normalized spacial score (nSPS) is 12.6. The van der Waals surface area contributed by atoms with Gasteiger partial charge in [-0.2, -0.15) is 0 Å². The summed E-state index contributed by atoms with van der Waals surface area (Å²) in [7, 11) is 1.82. The van der Waals surface area contributed by atoms with E-state index in [4.69, 9.17) is 0 Å². The highest BCUT2D eigenvalue weighted by Gasteiger charge is 2.07. The minimum absolute atomic E-state index is 0. The molecule has 0 aliphatic rings. The molecule has 140 valence electrons. The molecule has 1 atom stereocenters. The van der Waals surface area contributed by atoms with Crippen molar-refractivity contribution in [2.75, 3.05) is 20.1 Å². The number of fused-ring (bicyclic) bond motifs is 1. The van der Waals surface area contributed by atoms with Crippen molar-refractivity contribution in [1.29, 1.82) is 0 Å². The fourth-order valence-electron chi connectivity index (χ4n) is 2.62. The van der Waals surface area contributed by atoms with Crippen molar-refractivity contribution >= 4 is 62.8 Å². The second kappa shape index (κ2) is 10.8. The van der Waals surface area contributed by atoms with Crippen LogP contribution in [0.5, 0.6) is 0 Å². The number of para-hydroxylation sites is 1. The van der Waals surface area contributed by atoms with E-state index < -0.39 is 0 Å². The first-order valence-electron chi connectivity index (χ1n) is 8.58. The summed E-state index contributed by atoms with van der Waals surface area (Å²) in [4.78, 5) is 10.4. The van der Waals surface area contributed by atoms with Gasteiger partial charge in [-0.3, -0.25) is 4.99 Å². The largest absolute Gasteiger partial charge is 0.356 e. The fraction of sp³-hybridized carbons (Fsp3) is 0.368. The van der Waals surface area contributed by atoms with Crippen molar-refractivity contribution in [2.24, 2.45) is 4.99 Å². The first-order valence-corrected chi connectivity index (χ1v) is 10.3. The summed E-state index contributed by atoms with van der Waals surface area (Å²) in [5, 5.41) is 10.1. The predicted molar refractivity (Wildman–Crippen MR) is 125 cm³/mol. The van der Waals surface area contributed by atoms with Crippen LogP contribution in [0, 0.1) is 0 Å². The van der Waals surface area contributed by atoms with E-state index >= 15 is 0 Å². The molecular formula is C19H25IN4S2. The van der Waals surface area contributed by atoms with E-state index in [1.807, 2.05) is 13.1 Å². The number of hydrogen-bond acceptors (Lipinski definition) is 4. The number of nitrogens with one attached hydrogen (secondary N) is 2. The second-order valence-corrected chi connectivity index (χ2v) is 8.07. The maximum atomic E-state index is 4.68. The number of guanidine groups is 1. The molecule has 3 rings (SSSR count). The van der Waals surface area contributed by atoms with Gasteiger partial charge in [0, 0.05) is 37.4 Å². The van der Waals surface area contributed by atoms with Gasteiger partial charge >= 0.3 is 0 Å². The predicted octanol–water partition coefficient (Wildman–Crippen LogP) is 4.88.